The van der Waals surface area contributed by atoms with Gasteiger partial charge in [0.1, 0.15) is 34.7 Å². The zero-order valence-corrected chi connectivity index (χ0v) is 37.5. The highest BCUT2D eigenvalue weighted by Gasteiger charge is 2.85. The first-order valence-electron chi connectivity index (χ1n) is 22.2. The Morgan fingerprint density at radius 1 is 0.934 bits per heavy atom. The van der Waals surface area contributed by atoms with Gasteiger partial charge in [-0.05, 0) is 72.8 Å². The van der Waals surface area contributed by atoms with Crippen molar-refractivity contribution in [3.8, 4) is 0 Å². The van der Waals surface area contributed by atoms with Gasteiger partial charge in [0, 0.05) is 37.8 Å². The fraction of sp³-hybridized carbons (Fsp3) is 0.711. The summed E-state index contributed by atoms with van der Waals surface area (Å²) in [7, 11) is -2.77. The van der Waals surface area contributed by atoms with Crippen molar-refractivity contribution < 1.29 is 41.9 Å². The molecule has 0 bridgehead atoms. The molecule has 0 radical (unpaired) electrons. The Bertz CT molecular complexity index is 2020. The molecule has 61 heavy (non-hydrogen) atoms. The van der Waals surface area contributed by atoms with E-state index in [9.17, 15) is 27.6 Å². The Labute approximate surface area is 360 Å². The van der Waals surface area contributed by atoms with Crippen LogP contribution in [-0.4, -0.2) is 99.6 Å². The summed E-state index contributed by atoms with van der Waals surface area (Å²) in [6.45, 7) is 15.1. The highest BCUT2D eigenvalue weighted by Crippen LogP contribution is 2.88. The molecule has 15 nitrogen and oxygen atoms in total. The Kier molecular flexibility index (Phi) is 12.1. The van der Waals surface area contributed by atoms with E-state index in [1.165, 1.54) is 12.1 Å². The van der Waals surface area contributed by atoms with Gasteiger partial charge in [-0.2, -0.15) is 0 Å². The summed E-state index contributed by atoms with van der Waals surface area (Å²) in [6, 6.07) is 3.17. The molecule has 1 aromatic rings. The quantitative estimate of drug-likeness (QED) is 0.172. The van der Waals surface area contributed by atoms with Crippen molar-refractivity contribution in [3.05, 3.63) is 36.9 Å². The van der Waals surface area contributed by atoms with E-state index in [4.69, 9.17) is 9.47 Å². The maximum absolute atomic E-state index is 15.2. The van der Waals surface area contributed by atoms with Crippen LogP contribution in [-0.2, 0) is 38.7 Å². The molecule has 2 heterocycles. The molecule has 5 amide bonds. The lowest BCUT2D eigenvalue weighted by molar-refractivity contribution is -0.145. The fourth-order valence-electron chi connectivity index (χ4n) is 11.6. The number of carbonyl (C=O) groups is 5. The number of sulfonamides is 1. The van der Waals surface area contributed by atoms with Gasteiger partial charge in [-0.1, -0.05) is 78.5 Å². The Morgan fingerprint density at radius 3 is 2.18 bits per heavy atom. The number of hydrogen-bond donors (Lipinski definition) is 5. The molecule has 4 saturated carbocycles. The number of nitrogens with zero attached hydrogens (tertiary/aromatic N) is 1. The first-order valence-corrected chi connectivity index (χ1v) is 23.7. The third-order valence-electron chi connectivity index (χ3n) is 15.6. The van der Waals surface area contributed by atoms with E-state index in [2.05, 4.69) is 46.4 Å². The third-order valence-corrected chi connectivity index (χ3v) is 17.0. The van der Waals surface area contributed by atoms with E-state index in [0.717, 1.165) is 51.4 Å². The Balaban J connectivity index is 1.15. The van der Waals surface area contributed by atoms with Gasteiger partial charge in [0.05, 0.1) is 18.9 Å². The zero-order valence-electron chi connectivity index (χ0n) is 36.7. The van der Waals surface area contributed by atoms with Crippen LogP contribution in [0.5, 0.6) is 0 Å². The van der Waals surface area contributed by atoms with E-state index >= 15 is 4.79 Å². The van der Waals surface area contributed by atoms with Crippen molar-refractivity contribution >= 4 is 45.4 Å². The van der Waals surface area contributed by atoms with Crippen LogP contribution < -0.4 is 26.0 Å². The molecular formula is C45H66N6O9S. The third kappa shape index (κ3) is 7.93. The predicted octanol–water partition coefficient (Wildman–Crippen LogP) is 4.78. The Morgan fingerprint density at radius 2 is 1.61 bits per heavy atom. The molecular weight excluding hydrogens is 801 g/mol. The highest BCUT2D eigenvalue weighted by molar-refractivity contribution is 7.90. The second-order valence-electron chi connectivity index (χ2n) is 20.1. The second-order valence-corrected chi connectivity index (χ2v) is 21.7. The lowest BCUT2D eigenvalue weighted by Gasteiger charge is -2.38. The summed E-state index contributed by atoms with van der Waals surface area (Å²) in [6.07, 6.45) is 9.53. The standard InChI is InChI=1S/C45H66N6O9S/c1-8-29-25-45(29,39(55)50-61(57,58)33-18-13-12-17-31(33)46-7)49-36(52)32-26-44(42(5,6)43(44)21-14-22-43)27-51(32)38(54)35(41(2,3)4)48-37(53)34(28-15-10-9-11-16-28)47-40(56)60-30-19-23-59-24-20-30/h8,12-13,17-18,28-30,32,34-35,46H,1,9-11,14-16,19-27H2,2-7H3,(H,47,56)(H,48,53)(H,49,52)(H,50,55)/t29-,32+,34+,35-,44-,45-/m1/s1. The number of anilines is 1. The van der Waals surface area contributed by atoms with Crippen molar-refractivity contribution in [2.75, 3.05) is 32.1 Å². The smallest absolute Gasteiger partial charge is 0.408 e. The van der Waals surface area contributed by atoms with Gasteiger partial charge in [-0.3, -0.25) is 19.2 Å². The number of rotatable bonds is 13. The maximum atomic E-state index is 15.2. The molecule has 6 atom stereocenters. The van der Waals surface area contributed by atoms with Gasteiger partial charge < -0.3 is 35.6 Å². The molecule has 1 aromatic carbocycles. The van der Waals surface area contributed by atoms with Crippen molar-refractivity contribution in [2.45, 2.75) is 146 Å². The zero-order chi connectivity index (χ0) is 44.2. The minimum Gasteiger partial charge on any atom is -0.446 e. The minimum absolute atomic E-state index is 0.0536. The average Bonchev–Trinajstić information content (AvgIpc) is 3.94. The van der Waals surface area contributed by atoms with Gasteiger partial charge in [0.2, 0.25) is 17.7 Å². The number of ether oxygens (including phenoxy) is 2. The number of likely N-dealkylation sites (tertiary alicyclic amines) is 1. The van der Waals surface area contributed by atoms with Crippen LogP contribution in [0.1, 0.15) is 112 Å². The van der Waals surface area contributed by atoms with E-state index < -0.39 is 74.7 Å². The number of amides is 5. The monoisotopic (exact) mass is 866 g/mol. The summed E-state index contributed by atoms with van der Waals surface area (Å²) >= 11 is 0. The van der Waals surface area contributed by atoms with Crippen LogP contribution >= 0.6 is 0 Å². The van der Waals surface area contributed by atoms with Crippen LogP contribution in [0.25, 0.3) is 0 Å². The van der Waals surface area contributed by atoms with Gasteiger partial charge in [-0.15, -0.1) is 6.58 Å². The van der Waals surface area contributed by atoms with Crippen molar-refractivity contribution in [1.82, 2.24) is 25.6 Å². The molecule has 2 saturated heterocycles. The molecule has 0 aromatic heterocycles. The van der Waals surface area contributed by atoms with Crippen molar-refractivity contribution in [1.29, 1.82) is 0 Å². The first-order chi connectivity index (χ1) is 28.8. The number of para-hydroxylation sites is 1. The summed E-state index contributed by atoms with van der Waals surface area (Å²) in [4.78, 5) is 73.4. The van der Waals surface area contributed by atoms with Gasteiger partial charge in [0.15, 0.2) is 0 Å². The van der Waals surface area contributed by atoms with Crippen LogP contribution in [0, 0.1) is 33.5 Å². The molecule has 7 rings (SSSR count). The van der Waals surface area contributed by atoms with E-state index in [1.54, 1.807) is 30.1 Å². The summed E-state index contributed by atoms with van der Waals surface area (Å²) < 4.78 is 40.5. The van der Waals surface area contributed by atoms with Crippen LogP contribution in [0.15, 0.2) is 41.8 Å². The molecule has 0 unspecified atom stereocenters. The lowest BCUT2D eigenvalue weighted by atomic mass is 9.73. The molecule has 6 aliphatic rings. The van der Waals surface area contributed by atoms with Crippen LogP contribution in [0.4, 0.5) is 10.5 Å². The molecule has 336 valence electrons. The van der Waals surface area contributed by atoms with Gasteiger partial charge >= 0.3 is 6.09 Å². The van der Waals surface area contributed by atoms with E-state index in [1.807, 2.05) is 20.8 Å². The van der Waals surface area contributed by atoms with Crippen LogP contribution in [0.2, 0.25) is 0 Å². The second kappa shape index (κ2) is 16.5. The number of hydrogen-bond acceptors (Lipinski definition) is 10. The predicted molar refractivity (Wildman–Crippen MR) is 228 cm³/mol. The SMILES string of the molecule is C=C[C@@H]1C[C@]1(NC(=O)[C@@H]1C[C@@]2(CN1C(=O)[C@@H](NC(=O)[C@@H](NC(=O)OC1CCOCC1)C1CCCCC1)C(C)(C)C)C(C)(C)C21CCC1)C(=O)NS(=O)(=O)c1ccccc1NC. The Hall–Kier alpha value is -4.18. The van der Waals surface area contributed by atoms with Gasteiger partial charge in [-0.25, -0.2) is 17.9 Å². The molecule has 2 spiro atoms. The average molecular weight is 867 g/mol. The summed E-state index contributed by atoms with van der Waals surface area (Å²) in [5, 5.41) is 11.7. The van der Waals surface area contributed by atoms with Gasteiger partial charge in [0.25, 0.3) is 15.9 Å². The lowest BCUT2D eigenvalue weighted by Crippen LogP contribution is -2.62. The number of benzene rings is 1. The van der Waals surface area contributed by atoms with Crippen molar-refractivity contribution in [2.24, 2.45) is 33.5 Å². The molecule has 5 N–H and O–H groups in total. The topological polar surface area (TPSA) is 201 Å². The molecule has 16 heteroatoms. The normalized spacial score (nSPS) is 29.0. The fourth-order valence-corrected chi connectivity index (χ4v) is 12.8. The number of fused-ring (bicyclic) bond motifs is 1. The first kappa shape index (κ1) is 44.9. The number of nitrogens with one attached hydrogen (secondary N) is 5. The minimum atomic E-state index is -4.35. The molecule has 6 fully saturated rings. The summed E-state index contributed by atoms with van der Waals surface area (Å²) in [5.74, 6) is -3.06. The maximum Gasteiger partial charge on any atom is 0.408 e. The number of alkyl carbamates (subject to hydrolysis) is 1. The molecule has 4 aliphatic carbocycles. The summed E-state index contributed by atoms with van der Waals surface area (Å²) in [5.41, 5.74) is -2.73. The highest BCUT2D eigenvalue weighted by atomic mass is 32.2. The van der Waals surface area contributed by atoms with E-state index in [0.29, 0.717) is 44.7 Å². The number of carbonyl (C=O) groups excluding carboxylic acids is 5. The molecule has 2 aliphatic heterocycles. The van der Waals surface area contributed by atoms with Crippen LogP contribution in [0.3, 0.4) is 0 Å². The van der Waals surface area contributed by atoms with E-state index in [-0.39, 0.29) is 39.6 Å². The van der Waals surface area contributed by atoms with Crippen molar-refractivity contribution in [3.63, 3.8) is 0 Å². The largest absolute Gasteiger partial charge is 0.446 e.